The van der Waals surface area contributed by atoms with Crippen LogP contribution >= 0.6 is 0 Å². The van der Waals surface area contributed by atoms with Crippen LogP contribution in [0.15, 0.2) is 59.6 Å². The Morgan fingerprint density at radius 3 is 2.19 bits per heavy atom. The van der Waals surface area contributed by atoms with Gasteiger partial charge in [0.2, 0.25) is 10.0 Å². The van der Waals surface area contributed by atoms with Crippen LogP contribution in [0.25, 0.3) is 22.4 Å². The van der Waals surface area contributed by atoms with E-state index in [1.165, 1.54) is 16.8 Å². The molecule has 0 unspecified atom stereocenters. The molecule has 0 aliphatic rings. The number of nitrogens with two attached hydrogens (primary N) is 1. The van der Waals surface area contributed by atoms with Gasteiger partial charge in [-0.3, -0.25) is 4.68 Å². The molecule has 0 aliphatic carbocycles. The lowest BCUT2D eigenvalue weighted by Crippen LogP contribution is -2.27. The standard InChI is InChI=1S/C18H17N3O4S/c1-12-2-4-13(5-3-12)16-10-21(11-17(22)23)20-18(16)14-6-8-15(9-7-14)26(19,24)25/h2-10H,11H2,1H3,(H,22,23)(H2,19,24,25)/p-1. The molecule has 8 heteroatoms. The van der Waals surface area contributed by atoms with Gasteiger partial charge in [-0.2, -0.15) is 5.10 Å². The lowest BCUT2D eigenvalue weighted by Gasteiger charge is -2.05. The monoisotopic (exact) mass is 370 g/mol. The lowest BCUT2D eigenvalue weighted by atomic mass is 10.0. The first-order valence-corrected chi connectivity index (χ1v) is 9.26. The van der Waals surface area contributed by atoms with Crippen LogP contribution in [0.5, 0.6) is 0 Å². The first-order valence-electron chi connectivity index (χ1n) is 7.71. The van der Waals surface area contributed by atoms with Crippen LogP contribution in [0.1, 0.15) is 5.56 Å². The average molecular weight is 370 g/mol. The Labute approximate surface area is 150 Å². The molecule has 0 radical (unpaired) electrons. The highest BCUT2D eigenvalue weighted by molar-refractivity contribution is 7.89. The number of aromatic nitrogens is 2. The number of primary sulfonamides is 1. The maximum atomic E-state index is 11.4. The van der Waals surface area contributed by atoms with E-state index in [0.717, 1.165) is 16.7 Å². The number of sulfonamides is 1. The minimum absolute atomic E-state index is 0.00713. The number of benzene rings is 2. The third-order valence-electron chi connectivity index (χ3n) is 3.87. The predicted octanol–water partition coefficient (Wildman–Crippen LogP) is 0.923. The number of carbonyl (C=O) groups is 1. The van der Waals surface area contributed by atoms with Crippen molar-refractivity contribution in [2.45, 2.75) is 18.4 Å². The molecule has 1 heterocycles. The fourth-order valence-electron chi connectivity index (χ4n) is 2.59. The number of aryl methyl sites for hydroxylation is 1. The van der Waals surface area contributed by atoms with Gasteiger partial charge >= 0.3 is 0 Å². The highest BCUT2D eigenvalue weighted by Gasteiger charge is 2.15. The third kappa shape index (κ3) is 3.81. The topological polar surface area (TPSA) is 118 Å². The van der Waals surface area contributed by atoms with Crippen molar-refractivity contribution in [3.63, 3.8) is 0 Å². The molecule has 26 heavy (non-hydrogen) atoms. The fourth-order valence-corrected chi connectivity index (χ4v) is 3.11. The number of carboxylic acids is 1. The van der Waals surface area contributed by atoms with Gasteiger partial charge in [0.05, 0.1) is 17.4 Å². The molecule has 0 saturated carbocycles. The normalized spacial score (nSPS) is 11.5. The minimum atomic E-state index is -3.79. The van der Waals surface area contributed by atoms with E-state index in [1.54, 1.807) is 18.3 Å². The predicted molar refractivity (Wildman–Crippen MR) is 94.2 cm³/mol. The van der Waals surface area contributed by atoms with Gasteiger partial charge in [-0.15, -0.1) is 0 Å². The van der Waals surface area contributed by atoms with Gasteiger partial charge < -0.3 is 9.90 Å². The second-order valence-electron chi connectivity index (χ2n) is 5.90. The number of nitrogens with zero attached hydrogens (tertiary/aromatic N) is 2. The van der Waals surface area contributed by atoms with Gasteiger partial charge in [0, 0.05) is 17.3 Å². The van der Waals surface area contributed by atoms with Crippen molar-refractivity contribution in [3.05, 3.63) is 60.3 Å². The lowest BCUT2D eigenvalue weighted by molar-refractivity contribution is -0.306. The van der Waals surface area contributed by atoms with Crippen molar-refractivity contribution >= 4 is 16.0 Å². The van der Waals surface area contributed by atoms with Crippen molar-refractivity contribution in [1.29, 1.82) is 0 Å². The highest BCUT2D eigenvalue weighted by atomic mass is 32.2. The molecule has 0 spiro atoms. The van der Waals surface area contributed by atoms with Crippen LogP contribution in [0.4, 0.5) is 0 Å². The maximum absolute atomic E-state index is 11.4. The van der Waals surface area contributed by atoms with Gasteiger partial charge in [0.15, 0.2) is 0 Å². The smallest absolute Gasteiger partial charge is 0.238 e. The van der Waals surface area contributed by atoms with Crippen LogP contribution in [-0.4, -0.2) is 24.2 Å². The van der Waals surface area contributed by atoms with Crippen molar-refractivity contribution in [3.8, 4) is 22.4 Å². The van der Waals surface area contributed by atoms with Gasteiger partial charge in [-0.25, -0.2) is 13.6 Å². The number of hydrogen-bond acceptors (Lipinski definition) is 5. The maximum Gasteiger partial charge on any atom is 0.238 e. The van der Waals surface area contributed by atoms with E-state index >= 15 is 0 Å². The summed E-state index contributed by atoms with van der Waals surface area (Å²) in [6, 6.07) is 13.7. The van der Waals surface area contributed by atoms with E-state index in [-0.39, 0.29) is 11.4 Å². The molecule has 0 atom stereocenters. The quantitative estimate of drug-likeness (QED) is 0.716. The summed E-state index contributed by atoms with van der Waals surface area (Å²) in [4.78, 5) is 10.9. The van der Waals surface area contributed by atoms with Crippen molar-refractivity contribution in [2.24, 2.45) is 5.14 Å². The van der Waals surface area contributed by atoms with E-state index in [9.17, 15) is 18.3 Å². The molecule has 0 amide bonds. The van der Waals surface area contributed by atoms with E-state index in [1.807, 2.05) is 31.2 Å². The molecule has 1 aromatic heterocycles. The van der Waals surface area contributed by atoms with E-state index in [4.69, 9.17) is 5.14 Å². The SMILES string of the molecule is Cc1ccc(-c2cn(CC(=O)[O-])nc2-c2ccc(S(N)(=O)=O)cc2)cc1. The summed E-state index contributed by atoms with van der Waals surface area (Å²) < 4.78 is 24.1. The molecule has 134 valence electrons. The van der Waals surface area contributed by atoms with Crippen LogP contribution in [0.2, 0.25) is 0 Å². The summed E-state index contributed by atoms with van der Waals surface area (Å²) in [5, 5.41) is 20.4. The summed E-state index contributed by atoms with van der Waals surface area (Å²) in [6.07, 6.45) is 1.63. The minimum Gasteiger partial charge on any atom is -0.548 e. The van der Waals surface area contributed by atoms with Crippen molar-refractivity contribution in [2.75, 3.05) is 0 Å². The second kappa shape index (κ2) is 6.74. The summed E-state index contributed by atoms with van der Waals surface area (Å²) in [6.45, 7) is 1.59. The number of hydrogen-bond donors (Lipinski definition) is 1. The molecule has 0 saturated heterocycles. The van der Waals surface area contributed by atoms with Gasteiger partial charge in [0.25, 0.3) is 0 Å². The molecule has 7 nitrogen and oxygen atoms in total. The first-order chi connectivity index (χ1) is 12.2. The molecule has 0 aliphatic heterocycles. The zero-order chi connectivity index (χ0) is 18.9. The third-order valence-corrected chi connectivity index (χ3v) is 4.80. The molecule has 3 aromatic rings. The molecular weight excluding hydrogens is 354 g/mol. The Hall–Kier alpha value is -2.97. The Kier molecular flexibility index (Phi) is 4.62. The summed E-state index contributed by atoms with van der Waals surface area (Å²) in [5.41, 5.74) is 3.87. The van der Waals surface area contributed by atoms with Crippen LogP contribution in [-0.2, 0) is 21.4 Å². The highest BCUT2D eigenvalue weighted by Crippen LogP contribution is 2.31. The summed E-state index contributed by atoms with van der Waals surface area (Å²) in [7, 11) is -3.79. The number of rotatable bonds is 5. The number of aliphatic carboxylic acids is 1. The van der Waals surface area contributed by atoms with E-state index in [0.29, 0.717) is 11.3 Å². The van der Waals surface area contributed by atoms with Gasteiger partial charge in [-0.05, 0) is 24.6 Å². The van der Waals surface area contributed by atoms with Crippen LogP contribution < -0.4 is 10.2 Å². The first kappa shape index (κ1) is 17.8. The van der Waals surface area contributed by atoms with E-state index in [2.05, 4.69) is 5.10 Å². The molecule has 0 bridgehead atoms. The van der Waals surface area contributed by atoms with Crippen molar-refractivity contribution < 1.29 is 18.3 Å². The average Bonchev–Trinajstić information content (AvgIpc) is 2.98. The zero-order valence-corrected chi connectivity index (χ0v) is 14.7. The Bertz CT molecular complexity index is 1050. The summed E-state index contributed by atoms with van der Waals surface area (Å²) in [5.74, 6) is -1.25. The Balaban J connectivity index is 2.11. The molecule has 2 aromatic carbocycles. The zero-order valence-electron chi connectivity index (χ0n) is 13.9. The number of carboxylic acid groups (broad SMARTS) is 1. The second-order valence-corrected chi connectivity index (χ2v) is 7.46. The Morgan fingerprint density at radius 1 is 1.08 bits per heavy atom. The summed E-state index contributed by atoms with van der Waals surface area (Å²) >= 11 is 0. The molecular formula is C18H16N3O4S-. The molecule has 0 fully saturated rings. The van der Waals surface area contributed by atoms with E-state index < -0.39 is 16.0 Å². The van der Waals surface area contributed by atoms with Gasteiger partial charge in [0.1, 0.15) is 5.69 Å². The van der Waals surface area contributed by atoms with Crippen molar-refractivity contribution in [1.82, 2.24) is 9.78 Å². The van der Waals surface area contributed by atoms with Crippen LogP contribution in [0.3, 0.4) is 0 Å². The molecule has 3 rings (SSSR count). The fraction of sp³-hybridized carbons (Fsp3) is 0.111. The van der Waals surface area contributed by atoms with Gasteiger partial charge in [-0.1, -0.05) is 42.0 Å². The number of carbonyl (C=O) groups excluding carboxylic acids is 1. The van der Waals surface area contributed by atoms with Crippen LogP contribution in [0, 0.1) is 6.92 Å². The molecule has 2 N–H and O–H groups in total. The Morgan fingerprint density at radius 2 is 1.65 bits per heavy atom. The largest absolute Gasteiger partial charge is 0.548 e.